The summed E-state index contributed by atoms with van der Waals surface area (Å²) in [6, 6.07) is 17.0. The largest absolute Gasteiger partial charge is 0.315 e. The lowest BCUT2D eigenvalue weighted by atomic mass is 10.1. The lowest BCUT2D eigenvalue weighted by Crippen LogP contribution is -2.08. The molecule has 18 heavy (non-hydrogen) atoms. The van der Waals surface area contributed by atoms with Gasteiger partial charge in [0.15, 0.2) is 0 Å². The Bertz CT molecular complexity index is 606. The van der Waals surface area contributed by atoms with Crippen LogP contribution in [0.4, 0.5) is 5.69 Å². The van der Waals surface area contributed by atoms with E-state index in [0.29, 0.717) is 0 Å². The van der Waals surface area contributed by atoms with Gasteiger partial charge in [0.25, 0.3) is 0 Å². The minimum Gasteiger partial charge on any atom is -0.315 e. The molecule has 2 aromatic rings. The van der Waals surface area contributed by atoms with Crippen molar-refractivity contribution in [3.05, 3.63) is 65.7 Å². The number of amides is 1. The molecular formula is C16H13NO. The molecule has 0 aliphatic rings. The highest BCUT2D eigenvalue weighted by Crippen LogP contribution is 2.05. The highest BCUT2D eigenvalue weighted by molar-refractivity contribution is 6.04. The van der Waals surface area contributed by atoms with Crippen LogP contribution >= 0.6 is 0 Å². The first-order valence-electron chi connectivity index (χ1n) is 5.69. The minimum absolute atomic E-state index is 0.301. The number of rotatable bonds is 1. The fourth-order valence-corrected chi connectivity index (χ4v) is 1.52. The Labute approximate surface area is 107 Å². The predicted molar refractivity (Wildman–Crippen MR) is 73.1 cm³/mol. The summed E-state index contributed by atoms with van der Waals surface area (Å²) in [6.45, 7) is 1.97. The maximum atomic E-state index is 11.6. The number of hydrogen-bond acceptors (Lipinski definition) is 1. The average Bonchev–Trinajstić information content (AvgIpc) is 2.39. The molecule has 0 unspecified atom stereocenters. The van der Waals surface area contributed by atoms with Crippen LogP contribution in [0.2, 0.25) is 0 Å². The molecule has 0 saturated carbocycles. The first kappa shape index (κ1) is 11.9. The Morgan fingerprint density at radius 1 is 1.00 bits per heavy atom. The second-order valence-corrected chi connectivity index (χ2v) is 3.89. The molecule has 1 N–H and O–H groups in total. The average molecular weight is 235 g/mol. The number of carbonyl (C=O) groups is 1. The van der Waals surface area contributed by atoms with Crippen molar-refractivity contribution in [2.75, 3.05) is 5.32 Å². The first-order chi connectivity index (χ1) is 8.75. The highest BCUT2D eigenvalue weighted by atomic mass is 16.1. The quantitative estimate of drug-likeness (QED) is 0.756. The molecule has 0 heterocycles. The van der Waals surface area contributed by atoms with Gasteiger partial charge in [0.2, 0.25) is 0 Å². The van der Waals surface area contributed by atoms with Gasteiger partial charge in [-0.05, 0) is 30.7 Å². The van der Waals surface area contributed by atoms with Crippen LogP contribution in [0.5, 0.6) is 0 Å². The SMILES string of the molecule is Cc1ccccc1C#CC(=O)Nc1ccccc1. The smallest absolute Gasteiger partial charge is 0.300 e. The van der Waals surface area contributed by atoms with Crippen LogP contribution in [0.25, 0.3) is 0 Å². The predicted octanol–water partition coefficient (Wildman–Crippen LogP) is 2.99. The van der Waals surface area contributed by atoms with Crippen LogP contribution in [0.1, 0.15) is 11.1 Å². The fraction of sp³-hybridized carbons (Fsp3) is 0.0625. The van der Waals surface area contributed by atoms with Gasteiger partial charge >= 0.3 is 5.91 Å². The molecule has 0 radical (unpaired) electrons. The molecule has 0 atom stereocenters. The number of carbonyl (C=O) groups excluding carboxylic acids is 1. The summed E-state index contributed by atoms with van der Waals surface area (Å²) in [5, 5.41) is 2.72. The summed E-state index contributed by atoms with van der Waals surface area (Å²) in [7, 11) is 0. The van der Waals surface area contributed by atoms with E-state index in [4.69, 9.17) is 0 Å². The Hall–Kier alpha value is -2.53. The zero-order chi connectivity index (χ0) is 12.8. The standard InChI is InChI=1S/C16H13NO/c1-13-7-5-6-8-14(13)11-12-16(18)17-15-9-3-2-4-10-15/h2-10H,1H3,(H,17,18). The number of para-hydroxylation sites is 1. The Morgan fingerprint density at radius 2 is 1.67 bits per heavy atom. The molecular weight excluding hydrogens is 222 g/mol. The summed E-state index contributed by atoms with van der Waals surface area (Å²) in [4.78, 5) is 11.6. The van der Waals surface area contributed by atoms with E-state index in [2.05, 4.69) is 17.2 Å². The van der Waals surface area contributed by atoms with Crippen molar-refractivity contribution in [3.63, 3.8) is 0 Å². The highest BCUT2D eigenvalue weighted by Gasteiger charge is 1.96. The second kappa shape index (κ2) is 5.70. The minimum atomic E-state index is -0.301. The van der Waals surface area contributed by atoms with Gasteiger partial charge in [0.1, 0.15) is 0 Å². The number of benzene rings is 2. The molecule has 0 fully saturated rings. The van der Waals surface area contributed by atoms with Gasteiger partial charge in [-0.15, -0.1) is 0 Å². The molecule has 2 aromatic carbocycles. The summed E-state index contributed by atoms with van der Waals surface area (Å²) in [5.41, 5.74) is 2.69. The van der Waals surface area contributed by atoms with E-state index in [1.807, 2.05) is 61.5 Å². The number of anilines is 1. The third-order valence-electron chi connectivity index (χ3n) is 2.49. The summed E-state index contributed by atoms with van der Waals surface area (Å²) in [5.74, 6) is 5.16. The van der Waals surface area contributed by atoms with Crippen LogP contribution in [0, 0.1) is 18.8 Å². The van der Waals surface area contributed by atoms with Crippen LogP contribution in [0.3, 0.4) is 0 Å². The van der Waals surface area contributed by atoms with E-state index < -0.39 is 0 Å². The van der Waals surface area contributed by atoms with Crippen molar-refractivity contribution < 1.29 is 4.79 Å². The number of hydrogen-bond donors (Lipinski definition) is 1. The Kier molecular flexibility index (Phi) is 3.78. The van der Waals surface area contributed by atoms with E-state index in [9.17, 15) is 4.79 Å². The summed E-state index contributed by atoms with van der Waals surface area (Å²) >= 11 is 0. The molecule has 0 aliphatic carbocycles. The first-order valence-corrected chi connectivity index (χ1v) is 5.69. The van der Waals surface area contributed by atoms with Crippen LogP contribution in [-0.4, -0.2) is 5.91 Å². The van der Waals surface area contributed by atoms with E-state index in [0.717, 1.165) is 16.8 Å². The normalized spacial score (nSPS) is 9.17. The van der Waals surface area contributed by atoms with Crippen molar-refractivity contribution >= 4 is 11.6 Å². The van der Waals surface area contributed by atoms with Crippen molar-refractivity contribution in [1.82, 2.24) is 0 Å². The molecule has 2 nitrogen and oxygen atoms in total. The van der Waals surface area contributed by atoms with Crippen molar-refractivity contribution in [3.8, 4) is 11.8 Å². The molecule has 0 saturated heterocycles. The molecule has 88 valence electrons. The maximum absolute atomic E-state index is 11.6. The molecule has 1 amide bonds. The van der Waals surface area contributed by atoms with Crippen LogP contribution in [0.15, 0.2) is 54.6 Å². The van der Waals surface area contributed by atoms with Crippen LogP contribution in [-0.2, 0) is 4.79 Å². The molecule has 0 bridgehead atoms. The topological polar surface area (TPSA) is 29.1 Å². The second-order valence-electron chi connectivity index (χ2n) is 3.89. The number of aryl methyl sites for hydroxylation is 1. The maximum Gasteiger partial charge on any atom is 0.300 e. The van der Waals surface area contributed by atoms with Gasteiger partial charge < -0.3 is 5.32 Å². The van der Waals surface area contributed by atoms with Gasteiger partial charge in [-0.25, -0.2) is 0 Å². The zero-order valence-electron chi connectivity index (χ0n) is 10.1. The van der Waals surface area contributed by atoms with E-state index >= 15 is 0 Å². The van der Waals surface area contributed by atoms with E-state index in [-0.39, 0.29) is 5.91 Å². The van der Waals surface area contributed by atoms with E-state index in [1.54, 1.807) is 0 Å². The van der Waals surface area contributed by atoms with Crippen LogP contribution < -0.4 is 5.32 Å². The van der Waals surface area contributed by atoms with Gasteiger partial charge in [0, 0.05) is 17.2 Å². The third kappa shape index (κ3) is 3.23. The monoisotopic (exact) mass is 235 g/mol. The molecule has 0 aliphatic heterocycles. The molecule has 2 rings (SSSR count). The fourth-order valence-electron chi connectivity index (χ4n) is 1.52. The van der Waals surface area contributed by atoms with Crippen molar-refractivity contribution in [2.45, 2.75) is 6.92 Å². The van der Waals surface area contributed by atoms with Gasteiger partial charge in [-0.1, -0.05) is 42.3 Å². The lowest BCUT2D eigenvalue weighted by molar-refractivity contribution is -0.111. The molecule has 0 aromatic heterocycles. The molecule has 2 heteroatoms. The zero-order valence-corrected chi connectivity index (χ0v) is 10.1. The van der Waals surface area contributed by atoms with Gasteiger partial charge in [0.05, 0.1) is 0 Å². The third-order valence-corrected chi connectivity index (χ3v) is 2.49. The van der Waals surface area contributed by atoms with Crippen molar-refractivity contribution in [1.29, 1.82) is 0 Å². The van der Waals surface area contributed by atoms with E-state index in [1.165, 1.54) is 0 Å². The Morgan fingerprint density at radius 3 is 2.39 bits per heavy atom. The molecule has 0 spiro atoms. The number of nitrogens with one attached hydrogen (secondary N) is 1. The van der Waals surface area contributed by atoms with Gasteiger partial charge in [-0.3, -0.25) is 4.79 Å². The van der Waals surface area contributed by atoms with Crippen molar-refractivity contribution in [2.24, 2.45) is 0 Å². The lowest BCUT2D eigenvalue weighted by Gasteiger charge is -1.99. The van der Waals surface area contributed by atoms with Gasteiger partial charge in [-0.2, -0.15) is 0 Å². The Balaban J connectivity index is 2.07. The summed E-state index contributed by atoms with van der Waals surface area (Å²) < 4.78 is 0. The summed E-state index contributed by atoms with van der Waals surface area (Å²) in [6.07, 6.45) is 0.